The molecule has 0 aliphatic carbocycles. The van der Waals surface area contributed by atoms with E-state index < -0.39 is 11.9 Å². The molecule has 1 unspecified atom stereocenters. The summed E-state index contributed by atoms with van der Waals surface area (Å²) in [6, 6.07) is 7.41. The minimum absolute atomic E-state index is 0.498. The molecule has 0 fully saturated rings. The van der Waals surface area contributed by atoms with E-state index in [2.05, 4.69) is 0 Å². The normalized spacial score (nSPS) is 14.7. The molecule has 3 rings (SSSR count). The van der Waals surface area contributed by atoms with Gasteiger partial charge in [0, 0.05) is 4.88 Å². The van der Waals surface area contributed by atoms with Gasteiger partial charge in [-0.05, 0) is 48.1 Å². The first kappa shape index (κ1) is 13.9. The van der Waals surface area contributed by atoms with Gasteiger partial charge in [-0.2, -0.15) is 0 Å². The number of ether oxygens (including phenoxy) is 2. The van der Waals surface area contributed by atoms with E-state index in [1.165, 1.54) is 0 Å². The van der Waals surface area contributed by atoms with E-state index in [1.807, 2.05) is 24.4 Å². The van der Waals surface area contributed by atoms with Gasteiger partial charge in [0.1, 0.15) is 13.2 Å². The smallest absolute Gasteiger partial charge is 0.311 e. The molecule has 5 heteroatoms. The predicted molar refractivity (Wildman–Crippen MR) is 80.6 cm³/mol. The van der Waals surface area contributed by atoms with Gasteiger partial charge in [0.2, 0.25) is 0 Å². The first-order chi connectivity index (χ1) is 10.1. The molecule has 0 amide bonds. The van der Waals surface area contributed by atoms with Gasteiger partial charge >= 0.3 is 5.97 Å². The number of benzene rings is 1. The van der Waals surface area contributed by atoms with Crippen LogP contribution in [0.5, 0.6) is 11.5 Å². The number of hydrogen-bond acceptors (Lipinski definition) is 4. The molecule has 0 saturated heterocycles. The molecule has 110 valence electrons. The standard InChI is InChI=1S/C16H16O4S/c1-10-4-7-21-15(10)9-12(16(17)18)11-2-3-13-14(8-11)20-6-5-19-13/h2-4,7-8,12H,5-6,9H2,1H3,(H,17,18). The van der Waals surface area contributed by atoms with Crippen molar-refractivity contribution < 1.29 is 19.4 Å². The highest BCUT2D eigenvalue weighted by Crippen LogP contribution is 2.35. The highest BCUT2D eigenvalue weighted by atomic mass is 32.1. The van der Waals surface area contributed by atoms with Crippen LogP contribution < -0.4 is 9.47 Å². The van der Waals surface area contributed by atoms with Crippen molar-refractivity contribution >= 4 is 17.3 Å². The van der Waals surface area contributed by atoms with Crippen LogP contribution in [0.15, 0.2) is 29.6 Å². The van der Waals surface area contributed by atoms with Crippen molar-refractivity contribution in [3.63, 3.8) is 0 Å². The zero-order valence-corrected chi connectivity index (χ0v) is 12.5. The SMILES string of the molecule is Cc1ccsc1CC(C(=O)O)c1ccc2c(c1)OCCO2. The number of aryl methyl sites for hydroxylation is 1. The number of carboxylic acid groups (broad SMARTS) is 1. The second-order valence-corrected chi connectivity index (χ2v) is 6.03. The van der Waals surface area contributed by atoms with Crippen LogP contribution in [0.4, 0.5) is 0 Å². The quantitative estimate of drug-likeness (QED) is 0.942. The summed E-state index contributed by atoms with van der Waals surface area (Å²) in [5.74, 6) is -0.0769. The Kier molecular flexibility index (Phi) is 3.84. The molecule has 4 nitrogen and oxygen atoms in total. The van der Waals surface area contributed by atoms with Crippen molar-refractivity contribution in [3.8, 4) is 11.5 Å². The zero-order chi connectivity index (χ0) is 14.8. The van der Waals surface area contributed by atoms with Gasteiger partial charge in [0.15, 0.2) is 11.5 Å². The number of carboxylic acids is 1. The molecular formula is C16H16O4S. The molecule has 0 spiro atoms. The number of aliphatic carboxylic acids is 1. The number of thiophene rings is 1. The van der Waals surface area contributed by atoms with Gasteiger partial charge in [0.25, 0.3) is 0 Å². The van der Waals surface area contributed by atoms with Crippen LogP contribution in [-0.4, -0.2) is 24.3 Å². The summed E-state index contributed by atoms with van der Waals surface area (Å²) in [6.45, 7) is 3.04. The molecule has 1 aromatic carbocycles. The van der Waals surface area contributed by atoms with E-state index in [9.17, 15) is 9.90 Å². The van der Waals surface area contributed by atoms with Gasteiger partial charge in [-0.1, -0.05) is 6.07 Å². The summed E-state index contributed by atoms with van der Waals surface area (Å²) in [5, 5.41) is 11.5. The molecule has 0 saturated carbocycles. The fraction of sp³-hybridized carbons (Fsp3) is 0.312. The number of rotatable bonds is 4. The molecule has 0 bridgehead atoms. The van der Waals surface area contributed by atoms with Crippen LogP contribution in [0.1, 0.15) is 21.9 Å². The van der Waals surface area contributed by atoms with E-state index in [0.717, 1.165) is 16.0 Å². The van der Waals surface area contributed by atoms with E-state index in [4.69, 9.17) is 9.47 Å². The van der Waals surface area contributed by atoms with E-state index in [-0.39, 0.29) is 0 Å². The molecule has 1 aliphatic rings. The average Bonchev–Trinajstić information content (AvgIpc) is 2.89. The highest BCUT2D eigenvalue weighted by Gasteiger charge is 2.24. The summed E-state index contributed by atoms with van der Waals surface area (Å²) in [5.41, 5.74) is 1.89. The molecule has 2 aromatic rings. The molecule has 1 atom stereocenters. The number of fused-ring (bicyclic) bond motifs is 1. The Morgan fingerprint density at radius 2 is 2.05 bits per heavy atom. The summed E-state index contributed by atoms with van der Waals surface area (Å²) >= 11 is 1.60. The Balaban J connectivity index is 1.90. The molecular weight excluding hydrogens is 288 g/mol. The summed E-state index contributed by atoms with van der Waals surface area (Å²) in [6.07, 6.45) is 0.498. The lowest BCUT2D eigenvalue weighted by Gasteiger charge is -2.20. The maximum Gasteiger partial charge on any atom is 0.311 e. The highest BCUT2D eigenvalue weighted by molar-refractivity contribution is 7.10. The van der Waals surface area contributed by atoms with Crippen molar-refractivity contribution in [2.45, 2.75) is 19.3 Å². The van der Waals surface area contributed by atoms with Gasteiger partial charge < -0.3 is 14.6 Å². The third kappa shape index (κ3) is 2.88. The number of carbonyl (C=O) groups is 1. The van der Waals surface area contributed by atoms with Crippen molar-refractivity contribution in [2.24, 2.45) is 0 Å². The van der Waals surface area contributed by atoms with Crippen LogP contribution in [0, 0.1) is 6.92 Å². The predicted octanol–water partition coefficient (Wildman–Crippen LogP) is 3.24. The third-order valence-corrected chi connectivity index (χ3v) is 4.67. The van der Waals surface area contributed by atoms with Gasteiger partial charge in [-0.25, -0.2) is 0 Å². The van der Waals surface area contributed by atoms with Crippen LogP contribution in [0.3, 0.4) is 0 Å². The van der Waals surface area contributed by atoms with Gasteiger partial charge in [-0.3, -0.25) is 4.79 Å². The molecule has 0 radical (unpaired) electrons. The minimum Gasteiger partial charge on any atom is -0.486 e. The first-order valence-electron chi connectivity index (χ1n) is 6.80. The minimum atomic E-state index is -0.820. The first-order valence-corrected chi connectivity index (χ1v) is 7.68. The topological polar surface area (TPSA) is 55.8 Å². The lowest BCUT2D eigenvalue weighted by molar-refractivity contribution is -0.138. The Labute approximate surface area is 126 Å². The monoisotopic (exact) mass is 304 g/mol. The summed E-state index contributed by atoms with van der Waals surface area (Å²) in [7, 11) is 0. The van der Waals surface area contributed by atoms with E-state index in [1.54, 1.807) is 23.5 Å². The third-order valence-electron chi connectivity index (χ3n) is 3.62. The maximum absolute atomic E-state index is 11.6. The van der Waals surface area contributed by atoms with Crippen molar-refractivity contribution in [2.75, 3.05) is 13.2 Å². The van der Waals surface area contributed by atoms with Crippen LogP contribution in [-0.2, 0) is 11.2 Å². The van der Waals surface area contributed by atoms with E-state index >= 15 is 0 Å². The van der Waals surface area contributed by atoms with Crippen LogP contribution >= 0.6 is 11.3 Å². The molecule has 1 aliphatic heterocycles. The van der Waals surface area contributed by atoms with Crippen molar-refractivity contribution in [1.29, 1.82) is 0 Å². The van der Waals surface area contributed by atoms with Crippen molar-refractivity contribution in [1.82, 2.24) is 0 Å². The molecule has 1 N–H and O–H groups in total. The lowest BCUT2D eigenvalue weighted by atomic mass is 9.94. The Bertz CT molecular complexity index is 662. The largest absolute Gasteiger partial charge is 0.486 e. The maximum atomic E-state index is 11.6. The Morgan fingerprint density at radius 3 is 2.71 bits per heavy atom. The fourth-order valence-electron chi connectivity index (χ4n) is 2.42. The van der Waals surface area contributed by atoms with Crippen molar-refractivity contribution in [3.05, 3.63) is 45.6 Å². The van der Waals surface area contributed by atoms with E-state index in [0.29, 0.717) is 31.1 Å². The second-order valence-electron chi connectivity index (χ2n) is 5.02. The molecule has 21 heavy (non-hydrogen) atoms. The summed E-state index contributed by atoms with van der Waals surface area (Å²) < 4.78 is 11.0. The Morgan fingerprint density at radius 1 is 1.29 bits per heavy atom. The molecule has 2 heterocycles. The lowest BCUT2D eigenvalue weighted by Crippen LogP contribution is -2.17. The zero-order valence-electron chi connectivity index (χ0n) is 11.7. The van der Waals surface area contributed by atoms with Crippen LogP contribution in [0.2, 0.25) is 0 Å². The van der Waals surface area contributed by atoms with Gasteiger partial charge in [-0.15, -0.1) is 11.3 Å². The second kappa shape index (κ2) is 5.77. The molecule has 1 aromatic heterocycles. The van der Waals surface area contributed by atoms with Crippen LogP contribution in [0.25, 0.3) is 0 Å². The Hall–Kier alpha value is -2.01. The van der Waals surface area contributed by atoms with Gasteiger partial charge in [0.05, 0.1) is 5.92 Å². The average molecular weight is 304 g/mol. The number of hydrogen-bond donors (Lipinski definition) is 1. The fourth-order valence-corrected chi connectivity index (χ4v) is 3.38. The summed E-state index contributed by atoms with van der Waals surface area (Å²) in [4.78, 5) is 12.7.